The Bertz CT molecular complexity index is 578. The van der Waals surface area contributed by atoms with Gasteiger partial charge in [-0.2, -0.15) is 0 Å². The number of nitrogens with one attached hydrogen (secondary N) is 1. The maximum absolute atomic E-state index is 4.13. The number of nitrogens with zero attached hydrogens (tertiary/aromatic N) is 1. The van der Waals surface area contributed by atoms with E-state index in [1.807, 2.05) is 0 Å². The third-order valence-corrected chi connectivity index (χ3v) is 3.63. The van der Waals surface area contributed by atoms with E-state index in [0.29, 0.717) is 5.92 Å². The lowest BCUT2D eigenvalue weighted by Gasteiger charge is -2.06. The van der Waals surface area contributed by atoms with E-state index in [9.17, 15) is 0 Å². The molecule has 20 heavy (non-hydrogen) atoms. The van der Waals surface area contributed by atoms with Crippen molar-refractivity contribution in [3.05, 3.63) is 48.2 Å². The van der Waals surface area contributed by atoms with Gasteiger partial charge in [-0.3, -0.25) is 0 Å². The topological polar surface area (TPSA) is 17.0 Å². The van der Waals surface area contributed by atoms with Crippen LogP contribution < -0.4 is 5.32 Å². The zero-order chi connectivity index (χ0) is 14.5. The molecule has 0 spiro atoms. The van der Waals surface area contributed by atoms with E-state index in [1.54, 1.807) is 0 Å². The molecule has 0 saturated heterocycles. The average molecular weight is 270 g/mol. The Hall–Kier alpha value is -1.54. The van der Waals surface area contributed by atoms with Crippen molar-refractivity contribution >= 4 is 10.9 Å². The number of para-hydroxylation sites is 1. The Labute approximate surface area is 122 Å². The molecule has 2 aromatic rings. The maximum Gasteiger partial charge on any atom is 0.0486 e. The second kappa shape index (κ2) is 6.76. The predicted octanol–water partition coefficient (Wildman–Crippen LogP) is 4.35. The Morgan fingerprint density at radius 1 is 1.30 bits per heavy atom. The molecule has 1 aromatic carbocycles. The molecule has 2 heteroatoms. The van der Waals surface area contributed by atoms with Gasteiger partial charge in [-0.05, 0) is 30.5 Å². The second-order valence-electron chi connectivity index (χ2n) is 5.93. The van der Waals surface area contributed by atoms with Gasteiger partial charge in [0.2, 0.25) is 0 Å². The summed E-state index contributed by atoms with van der Waals surface area (Å²) in [4.78, 5) is 0. The molecule has 108 valence electrons. The van der Waals surface area contributed by atoms with Crippen LogP contribution >= 0.6 is 0 Å². The molecule has 1 aromatic heterocycles. The number of aromatic nitrogens is 1. The van der Waals surface area contributed by atoms with Crippen molar-refractivity contribution in [1.29, 1.82) is 0 Å². The average Bonchev–Trinajstić information content (AvgIpc) is 2.77. The molecule has 0 radical (unpaired) electrons. The molecule has 0 atom stereocenters. The quantitative estimate of drug-likeness (QED) is 0.740. The number of fused-ring (bicyclic) bond motifs is 1. The molecule has 0 bridgehead atoms. The van der Waals surface area contributed by atoms with Crippen LogP contribution in [-0.4, -0.2) is 11.1 Å². The minimum absolute atomic E-state index is 0.684. The lowest BCUT2D eigenvalue weighted by Crippen LogP contribution is -2.18. The molecule has 0 amide bonds. The second-order valence-corrected chi connectivity index (χ2v) is 5.93. The van der Waals surface area contributed by atoms with Crippen molar-refractivity contribution in [1.82, 2.24) is 9.88 Å². The molecule has 2 rings (SSSR count). The lowest BCUT2D eigenvalue weighted by molar-refractivity contribution is 0.553. The number of benzene rings is 1. The van der Waals surface area contributed by atoms with Gasteiger partial charge in [0, 0.05) is 30.2 Å². The van der Waals surface area contributed by atoms with Crippen LogP contribution in [0.1, 0.15) is 32.8 Å². The van der Waals surface area contributed by atoms with E-state index in [0.717, 1.165) is 26.1 Å². The summed E-state index contributed by atoms with van der Waals surface area (Å²) in [5.41, 5.74) is 3.96. The van der Waals surface area contributed by atoms with Crippen molar-refractivity contribution in [3.8, 4) is 0 Å². The van der Waals surface area contributed by atoms with E-state index in [2.05, 4.69) is 67.7 Å². The van der Waals surface area contributed by atoms with Crippen molar-refractivity contribution < 1.29 is 0 Å². The van der Waals surface area contributed by atoms with Crippen LogP contribution in [0, 0.1) is 5.92 Å². The fourth-order valence-electron chi connectivity index (χ4n) is 2.44. The van der Waals surface area contributed by atoms with Crippen LogP contribution in [0.4, 0.5) is 0 Å². The summed E-state index contributed by atoms with van der Waals surface area (Å²) >= 11 is 0. The normalized spacial score (nSPS) is 11.4. The highest BCUT2D eigenvalue weighted by Crippen LogP contribution is 2.22. The highest BCUT2D eigenvalue weighted by Gasteiger charge is 2.08. The summed E-state index contributed by atoms with van der Waals surface area (Å²) in [5, 5.41) is 4.89. The fourth-order valence-corrected chi connectivity index (χ4v) is 2.44. The van der Waals surface area contributed by atoms with Gasteiger partial charge in [0.1, 0.15) is 0 Å². The summed E-state index contributed by atoms with van der Waals surface area (Å²) in [7, 11) is 0. The van der Waals surface area contributed by atoms with Gasteiger partial charge in [0.25, 0.3) is 0 Å². The van der Waals surface area contributed by atoms with Gasteiger partial charge < -0.3 is 9.88 Å². The predicted molar refractivity (Wildman–Crippen MR) is 87.9 cm³/mol. The number of allylic oxidation sites excluding steroid dienone is 1. The molecular formula is C18H26N2. The first-order valence-corrected chi connectivity index (χ1v) is 7.56. The summed E-state index contributed by atoms with van der Waals surface area (Å²) in [6.45, 7) is 13.7. The number of rotatable bonds is 7. The molecule has 0 saturated carbocycles. The first-order chi connectivity index (χ1) is 9.61. The van der Waals surface area contributed by atoms with Gasteiger partial charge in [-0.25, -0.2) is 0 Å². The summed E-state index contributed by atoms with van der Waals surface area (Å²) < 4.78 is 2.33. The largest absolute Gasteiger partial charge is 0.343 e. The number of hydrogen-bond acceptors (Lipinski definition) is 1. The van der Waals surface area contributed by atoms with E-state index in [1.165, 1.54) is 22.0 Å². The van der Waals surface area contributed by atoms with Crippen LogP contribution in [-0.2, 0) is 13.1 Å². The molecule has 0 aliphatic carbocycles. The van der Waals surface area contributed by atoms with Crippen LogP contribution in [0.2, 0.25) is 0 Å². The van der Waals surface area contributed by atoms with Crippen LogP contribution in [0.3, 0.4) is 0 Å². The van der Waals surface area contributed by atoms with Gasteiger partial charge >= 0.3 is 0 Å². The smallest absolute Gasteiger partial charge is 0.0486 e. The summed E-state index contributed by atoms with van der Waals surface area (Å²) in [6.07, 6.45) is 3.31. The standard InChI is InChI=1S/C18H26N2/c1-5-15(4)12-20-13-16(11-19-10-14(2)3)17-8-6-7-9-18(17)20/h6-9,13-14,19H,4-5,10-12H2,1-3H3. The van der Waals surface area contributed by atoms with Gasteiger partial charge in [0.15, 0.2) is 0 Å². The van der Waals surface area contributed by atoms with Gasteiger partial charge in [-0.1, -0.05) is 51.1 Å². The van der Waals surface area contributed by atoms with E-state index in [4.69, 9.17) is 0 Å². The zero-order valence-electron chi connectivity index (χ0n) is 12.9. The van der Waals surface area contributed by atoms with Gasteiger partial charge in [-0.15, -0.1) is 0 Å². The first kappa shape index (κ1) is 14.9. The van der Waals surface area contributed by atoms with Crippen molar-refractivity contribution in [2.24, 2.45) is 5.92 Å². The van der Waals surface area contributed by atoms with E-state index >= 15 is 0 Å². The van der Waals surface area contributed by atoms with Crippen molar-refractivity contribution in [3.63, 3.8) is 0 Å². The van der Waals surface area contributed by atoms with E-state index < -0.39 is 0 Å². The molecule has 0 fully saturated rings. The molecule has 0 aliphatic heterocycles. The minimum atomic E-state index is 0.684. The van der Waals surface area contributed by atoms with E-state index in [-0.39, 0.29) is 0 Å². The fraction of sp³-hybridized carbons (Fsp3) is 0.444. The molecule has 0 unspecified atom stereocenters. The SMILES string of the molecule is C=C(CC)Cn1cc(CNCC(C)C)c2ccccc21. The van der Waals surface area contributed by atoms with Crippen molar-refractivity contribution in [2.75, 3.05) is 6.54 Å². The summed E-state index contributed by atoms with van der Waals surface area (Å²) in [5.74, 6) is 0.684. The Balaban J connectivity index is 2.23. The Morgan fingerprint density at radius 3 is 2.75 bits per heavy atom. The third-order valence-electron chi connectivity index (χ3n) is 3.63. The molecule has 1 N–H and O–H groups in total. The van der Waals surface area contributed by atoms with Gasteiger partial charge in [0.05, 0.1) is 0 Å². The lowest BCUT2D eigenvalue weighted by atomic mass is 10.1. The van der Waals surface area contributed by atoms with Crippen LogP contribution in [0.25, 0.3) is 10.9 Å². The zero-order valence-corrected chi connectivity index (χ0v) is 12.9. The monoisotopic (exact) mass is 270 g/mol. The van der Waals surface area contributed by atoms with Crippen LogP contribution in [0.15, 0.2) is 42.6 Å². The highest BCUT2D eigenvalue weighted by atomic mass is 15.0. The van der Waals surface area contributed by atoms with Crippen LogP contribution in [0.5, 0.6) is 0 Å². The van der Waals surface area contributed by atoms with Crippen molar-refractivity contribution in [2.45, 2.75) is 40.3 Å². The molecule has 1 heterocycles. The molecule has 2 nitrogen and oxygen atoms in total. The Kier molecular flexibility index (Phi) is 5.02. The molecular weight excluding hydrogens is 244 g/mol. The maximum atomic E-state index is 4.13. The Morgan fingerprint density at radius 2 is 2.05 bits per heavy atom. The highest BCUT2D eigenvalue weighted by molar-refractivity contribution is 5.84. The summed E-state index contributed by atoms with van der Waals surface area (Å²) in [6, 6.07) is 8.64. The third kappa shape index (κ3) is 3.51. The minimum Gasteiger partial charge on any atom is -0.343 e. The number of hydrogen-bond donors (Lipinski definition) is 1. The first-order valence-electron chi connectivity index (χ1n) is 7.56. The molecule has 0 aliphatic rings.